The van der Waals surface area contributed by atoms with E-state index in [2.05, 4.69) is 48.5 Å². The van der Waals surface area contributed by atoms with E-state index in [9.17, 15) is 5.11 Å². The van der Waals surface area contributed by atoms with E-state index < -0.39 is 20.5 Å². The van der Waals surface area contributed by atoms with Crippen LogP contribution in [0.25, 0.3) is 0 Å². The quantitative estimate of drug-likeness (QED) is 0.166. The predicted octanol–water partition coefficient (Wildman–Crippen LogP) is 7.84. The van der Waals surface area contributed by atoms with Gasteiger partial charge in [-0.25, -0.2) is 0 Å². The smallest absolute Gasteiger partial charge is 0.200 e. The Morgan fingerprint density at radius 3 is 2.07 bits per heavy atom. The summed E-state index contributed by atoms with van der Waals surface area (Å²) in [5.74, 6) is 0.822. The normalized spacial score (nSPS) is 23.1. The Bertz CT molecular complexity index is 1050. The van der Waals surface area contributed by atoms with Crippen LogP contribution in [-0.2, 0) is 31.9 Å². The first kappa shape index (κ1) is 34.5. The summed E-state index contributed by atoms with van der Waals surface area (Å²) in [6.07, 6.45) is 1.53. The topological polar surface area (TPSA) is 66.4 Å². The van der Waals surface area contributed by atoms with Gasteiger partial charge in [-0.15, -0.1) is 0 Å². The van der Waals surface area contributed by atoms with Crippen molar-refractivity contribution in [2.75, 3.05) is 20.3 Å². The molecule has 0 unspecified atom stereocenters. The van der Waals surface area contributed by atoms with Crippen LogP contribution in [0.15, 0.2) is 66.2 Å². The highest BCUT2D eigenvalue weighted by Crippen LogP contribution is 2.42. The molecule has 0 amide bonds. The Labute approximate surface area is 255 Å². The van der Waals surface area contributed by atoms with E-state index >= 15 is 0 Å². The van der Waals surface area contributed by atoms with Gasteiger partial charge in [0.05, 0.1) is 39.1 Å². The van der Waals surface area contributed by atoms with Gasteiger partial charge in [-0.2, -0.15) is 0 Å². The molecule has 6 nitrogen and oxygen atoms in total. The maximum atomic E-state index is 11.1. The maximum Gasteiger partial charge on any atom is 0.200 e. The third kappa shape index (κ3) is 9.50. The summed E-state index contributed by atoms with van der Waals surface area (Å²) >= 11 is 0. The van der Waals surface area contributed by atoms with Gasteiger partial charge in [0.2, 0.25) is 0 Å². The molecule has 0 saturated carbocycles. The van der Waals surface area contributed by atoms with Gasteiger partial charge in [-0.05, 0) is 59.6 Å². The van der Waals surface area contributed by atoms with Crippen molar-refractivity contribution in [2.45, 2.75) is 116 Å². The van der Waals surface area contributed by atoms with Crippen molar-refractivity contribution in [1.82, 2.24) is 0 Å². The van der Waals surface area contributed by atoms with Gasteiger partial charge < -0.3 is 28.5 Å². The number of rotatable bonds is 15. The maximum absolute atomic E-state index is 11.1. The minimum atomic E-state index is -2.03. The second-order valence-corrected chi connectivity index (χ2v) is 18.0. The molecule has 7 heteroatoms. The lowest BCUT2D eigenvalue weighted by Gasteiger charge is -2.43. The molecule has 0 fully saturated rings. The van der Waals surface area contributed by atoms with Crippen LogP contribution >= 0.6 is 0 Å². The summed E-state index contributed by atoms with van der Waals surface area (Å²) in [6, 6.07) is 18.0. The van der Waals surface area contributed by atoms with Crippen molar-refractivity contribution in [2.24, 2.45) is 0 Å². The van der Waals surface area contributed by atoms with E-state index in [1.165, 1.54) is 0 Å². The molecule has 0 saturated heterocycles. The number of hydrogen-bond acceptors (Lipinski definition) is 6. The Morgan fingerprint density at radius 1 is 0.857 bits per heavy atom. The number of benzene rings is 2. The van der Waals surface area contributed by atoms with Gasteiger partial charge >= 0.3 is 0 Å². The fraction of sp³-hybridized carbons (Fsp3) is 0.600. The average molecular weight is 599 g/mol. The highest BCUT2D eigenvalue weighted by molar-refractivity contribution is 6.77. The molecule has 42 heavy (non-hydrogen) atoms. The van der Waals surface area contributed by atoms with Gasteiger partial charge in [-0.3, -0.25) is 0 Å². The lowest BCUT2D eigenvalue weighted by Crippen LogP contribution is -2.49. The molecule has 2 aromatic carbocycles. The first-order chi connectivity index (χ1) is 20.1. The second kappa shape index (κ2) is 16.7. The van der Waals surface area contributed by atoms with Crippen molar-refractivity contribution in [3.63, 3.8) is 0 Å². The van der Waals surface area contributed by atoms with Crippen molar-refractivity contribution in [3.8, 4) is 5.75 Å². The van der Waals surface area contributed by atoms with Gasteiger partial charge in [0.1, 0.15) is 18.0 Å². The Balaban J connectivity index is 1.79. The SMILES string of the molecule is COc1ccc(CO[C@H]2C/C(C)=C\[C@@H](O)[C@H](COCc3ccccc3)O[C@@H]2CCO[Si](C(C)C)(C(C)C)C(C)C)cc1. The summed E-state index contributed by atoms with van der Waals surface area (Å²) in [7, 11) is -0.363. The van der Waals surface area contributed by atoms with E-state index in [4.69, 9.17) is 23.4 Å². The molecule has 1 N–H and O–H groups in total. The molecule has 2 aromatic rings. The fourth-order valence-corrected chi connectivity index (χ4v) is 12.0. The number of hydrogen-bond donors (Lipinski definition) is 1. The van der Waals surface area contributed by atoms with Crippen molar-refractivity contribution >= 4 is 8.32 Å². The van der Waals surface area contributed by atoms with Crippen LogP contribution in [-0.4, -0.2) is 58.2 Å². The number of methoxy groups -OCH3 is 1. The molecule has 0 aliphatic carbocycles. The van der Waals surface area contributed by atoms with E-state index in [0.717, 1.165) is 22.4 Å². The molecule has 3 rings (SSSR count). The first-order valence-corrected chi connectivity index (χ1v) is 17.7. The minimum Gasteiger partial charge on any atom is -0.497 e. The van der Waals surface area contributed by atoms with E-state index in [0.29, 0.717) is 49.3 Å². The minimum absolute atomic E-state index is 0.190. The zero-order valence-electron chi connectivity index (χ0n) is 27.0. The van der Waals surface area contributed by atoms with Crippen molar-refractivity contribution in [3.05, 3.63) is 77.4 Å². The summed E-state index contributed by atoms with van der Waals surface area (Å²) in [5.41, 5.74) is 4.76. The average Bonchev–Trinajstić information content (AvgIpc) is 2.95. The van der Waals surface area contributed by atoms with Crippen LogP contribution in [0.3, 0.4) is 0 Å². The highest BCUT2D eigenvalue weighted by Gasteiger charge is 2.45. The molecule has 0 spiro atoms. The Morgan fingerprint density at radius 2 is 1.48 bits per heavy atom. The van der Waals surface area contributed by atoms with Crippen LogP contribution in [0.2, 0.25) is 16.6 Å². The lowest BCUT2D eigenvalue weighted by atomic mass is 9.97. The monoisotopic (exact) mass is 598 g/mol. The number of ether oxygens (including phenoxy) is 4. The number of aliphatic hydroxyl groups excluding tert-OH is 1. The third-order valence-electron chi connectivity index (χ3n) is 8.60. The standard InChI is InChI=1S/C35H54O6Si/c1-25(2)42(26(3)4,27(5)6)40-19-18-33-34(39-23-30-14-16-31(37-8)17-15-30)21-28(7)20-32(36)35(41-33)24-38-22-29-12-10-9-11-13-29/h9-17,20,25-27,32-36H,18-19,21-24H2,1-8H3/b28-20-/t32-,33-,34+,35+/m1/s1. The number of aliphatic hydroxyl groups is 1. The summed E-state index contributed by atoms with van der Waals surface area (Å²) in [6.45, 7) is 17.7. The van der Waals surface area contributed by atoms with Crippen LogP contribution in [0, 0.1) is 0 Å². The van der Waals surface area contributed by atoms with Crippen LogP contribution in [0.5, 0.6) is 5.75 Å². The van der Waals surface area contributed by atoms with E-state index in [-0.39, 0.29) is 18.8 Å². The molecule has 234 valence electrons. The van der Waals surface area contributed by atoms with Gasteiger partial charge in [0.25, 0.3) is 0 Å². The van der Waals surface area contributed by atoms with Crippen molar-refractivity contribution in [1.29, 1.82) is 0 Å². The summed E-state index contributed by atoms with van der Waals surface area (Å²) < 4.78 is 31.6. The Kier molecular flexibility index (Phi) is 13.7. The summed E-state index contributed by atoms with van der Waals surface area (Å²) in [4.78, 5) is 0. The molecule has 0 aromatic heterocycles. The zero-order valence-corrected chi connectivity index (χ0v) is 28.0. The summed E-state index contributed by atoms with van der Waals surface area (Å²) in [5, 5.41) is 11.1. The lowest BCUT2D eigenvalue weighted by molar-refractivity contribution is -0.153. The molecule has 4 atom stereocenters. The zero-order chi connectivity index (χ0) is 30.7. The van der Waals surface area contributed by atoms with Gasteiger partial charge in [0.15, 0.2) is 8.32 Å². The molecular weight excluding hydrogens is 544 g/mol. The molecule has 1 aliphatic heterocycles. The fourth-order valence-electron chi connectivity index (χ4n) is 6.51. The molecule has 1 aliphatic rings. The molecule has 0 bridgehead atoms. The van der Waals surface area contributed by atoms with Crippen LogP contribution in [0.4, 0.5) is 0 Å². The van der Waals surface area contributed by atoms with Gasteiger partial charge in [-0.1, -0.05) is 95.7 Å². The van der Waals surface area contributed by atoms with Gasteiger partial charge in [0, 0.05) is 6.61 Å². The Hall–Kier alpha value is -2.00. The third-order valence-corrected chi connectivity index (χ3v) is 14.7. The molecule has 1 heterocycles. The molecule has 0 radical (unpaired) electrons. The largest absolute Gasteiger partial charge is 0.497 e. The second-order valence-electron chi connectivity index (χ2n) is 12.6. The van der Waals surface area contributed by atoms with Crippen molar-refractivity contribution < 1.29 is 28.5 Å². The van der Waals surface area contributed by atoms with Crippen LogP contribution in [0.1, 0.15) is 72.4 Å². The predicted molar refractivity (Wildman–Crippen MR) is 172 cm³/mol. The van der Waals surface area contributed by atoms with Crippen LogP contribution < -0.4 is 4.74 Å². The first-order valence-electron chi connectivity index (χ1n) is 15.6. The van der Waals surface area contributed by atoms with E-state index in [1.54, 1.807) is 7.11 Å². The van der Waals surface area contributed by atoms with E-state index in [1.807, 2.05) is 60.7 Å². The molecular formula is C35H54O6Si. The highest BCUT2D eigenvalue weighted by atomic mass is 28.4.